The first kappa shape index (κ1) is 20.5. The number of aliphatic hydroxyl groups is 1. The summed E-state index contributed by atoms with van der Waals surface area (Å²) in [6, 6.07) is 6.48. The average Bonchev–Trinajstić information content (AvgIpc) is 2.97. The van der Waals surface area contributed by atoms with E-state index in [1.54, 1.807) is 11.9 Å². The molecule has 8 nitrogen and oxygen atoms in total. The van der Waals surface area contributed by atoms with Gasteiger partial charge in [-0.2, -0.15) is 0 Å². The van der Waals surface area contributed by atoms with E-state index < -0.39 is 30.2 Å². The Morgan fingerprint density at radius 1 is 1.32 bits per heavy atom. The average molecular weight is 407 g/mol. The molecule has 0 bridgehead atoms. The van der Waals surface area contributed by atoms with E-state index >= 15 is 0 Å². The first-order chi connectivity index (χ1) is 13.3. The Balaban J connectivity index is 1.72. The summed E-state index contributed by atoms with van der Waals surface area (Å²) in [5.74, 6) is 0.315. The Labute approximate surface area is 168 Å². The van der Waals surface area contributed by atoms with Crippen LogP contribution < -0.4 is 10.1 Å². The van der Waals surface area contributed by atoms with Gasteiger partial charge in [0.2, 0.25) is 0 Å². The maximum absolute atomic E-state index is 12.5. The molecule has 9 heteroatoms. The lowest BCUT2D eigenvalue weighted by molar-refractivity contribution is -0.127. The summed E-state index contributed by atoms with van der Waals surface area (Å²) >= 11 is 1.51. The van der Waals surface area contributed by atoms with Crippen LogP contribution in [0.2, 0.25) is 0 Å². The maximum Gasteiger partial charge on any atom is 0.325 e. The molecule has 2 aliphatic heterocycles. The number of aliphatic hydroxyl groups excluding tert-OH is 1. The lowest BCUT2D eigenvalue weighted by Crippen LogP contribution is -2.64. The number of benzene rings is 1. The van der Waals surface area contributed by atoms with Gasteiger partial charge < -0.3 is 19.6 Å². The third kappa shape index (κ3) is 4.25. The second kappa shape index (κ2) is 8.40. The second-order valence-electron chi connectivity index (χ2n) is 7.22. The minimum absolute atomic E-state index is 0.0920. The number of amides is 3. The molecule has 0 aliphatic carbocycles. The summed E-state index contributed by atoms with van der Waals surface area (Å²) in [5.41, 5.74) is 0.986. The van der Waals surface area contributed by atoms with E-state index in [2.05, 4.69) is 10.3 Å². The van der Waals surface area contributed by atoms with Gasteiger partial charge in [0.05, 0.1) is 6.54 Å². The smallest absolute Gasteiger partial charge is 0.325 e. The summed E-state index contributed by atoms with van der Waals surface area (Å²) in [6.07, 6.45) is -1.42. The molecule has 1 saturated heterocycles. The third-order valence-corrected chi connectivity index (χ3v) is 5.62. The number of carbonyl (C=O) groups is 2. The molecule has 0 aromatic heterocycles. The van der Waals surface area contributed by atoms with E-state index in [1.165, 1.54) is 16.7 Å². The van der Waals surface area contributed by atoms with Crippen molar-refractivity contribution in [1.29, 1.82) is 0 Å². The lowest BCUT2D eigenvalue weighted by Gasteiger charge is -2.37. The number of para-hydroxylation sites is 1. The quantitative estimate of drug-likeness (QED) is 0.742. The van der Waals surface area contributed by atoms with Gasteiger partial charge >= 0.3 is 6.03 Å². The van der Waals surface area contributed by atoms with Crippen molar-refractivity contribution in [3.8, 4) is 5.75 Å². The van der Waals surface area contributed by atoms with Crippen molar-refractivity contribution in [3.05, 3.63) is 29.8 Å². The van der Waals surface area contributed by atoms with Gasteiger partial charge in [-0.25, -0.2) is 9.79 Å². The number of amidine groups is 1. The SMILES string of the molecule is Cc1ccccc1OCC(O)CN1C(SC(C)C)=NC2C1C(=O)NC(=O)N2C. The zero-order chi connectivity index (χ0) is 20.4. The van der Waals surface area contributed by atoms with Crippen LogP contribution in [0.3, 0.4) is 0 Å². The van der Waals surface area contributed by atoms with E-state index in [0.717, 1.165) is 5.56 Å². The highest BCUT2D eigenvalue weighted by Crippen LogP contribution is 2.30. The summed E-state index contributed by atoms with van der Waals surface area (Å²) in [6.45, 7) is 6.27. The molecule has 2 N–H and O–H groups in total. The molecule has 1 aromatic carbocycles. The molecule has 0 spiro atoms. The van der Waals surface area contributed by atoms with Gasteiger partial charge in [-0.1, -0.05) is 43.8 Å². The van der Waals surface area contributed by atoms with Gasteiger partial charge in [-0.05, 0) is 18.6 Å². The molecular weight excluding hydrogens is 380 g/mol. The molecule has 0 radical (unpaired) electrons. The Bertz CT molecular complexity index is 785. The highest BCUT2D eigenvalue weighted by atomic mass is 32.2. The van der Waals surface area contributed by atoms with Crippen LogP contribution in [0.1, 0.15) is 19.4 Å². The second-order valence-corrected chi connectivity index (χ2v) is 8.77. The largest absolute Gasteiger partial charge is 0.491 e. The predicted molar refractivity (Wildman–Crippen MR) is 108 cm³/mol. The topological polar surface area (TPSA) is 94.5 Å². The van der Waals surface area contributed by atoms with E-state index in [-0.39, 0.29) is 18.4 Å². The number of thioether (sulfide) groups is 1. The highest BCUT2D eigenvalue weighted by Gasteiger charge is 2.49. The molecule has 152 valence electrons. The van der Waals surface area contributed by atoms with Crippen molar-refractivity contribution in [2.24, 2.45) is 4.99 Å². The van der Waals surface area contributed by atoms with Crippen molar-refractivity contribution in [2.75, 3.05) is 20.2 Å². The number of fused-ring (bicyclic) bond motifs is 1. The van der Waals surface area contributed by atoms with Gasteiger partial charge in [0, 0.05) is 12.3 Å². The van der Waals surface area contributed by atoms with Crippen LogP contribution >= 0.6 is 11.8 Å². The number of aryl methyl sites for hydroxylation is 1. The number of aliphatic imine (C=N–C) groups is 1. The number of ether oxygens (including phenoxy) is 1. The molecule has 3 amide bonds. The number of likely N-dealkylation sites (N-methyl/N-ethyl adjacent to an activating group) is 1. The number of β-amino-alcohol motifs (C(OH)–C–C–N with tert-alkyl or cyclic N) is 1. The first-order valence-electron chi connectivity index (χ1n) is 9.23. The Kier molecular flexibility index (Phi) is 6.14. The summed E-state index contributed by atoms with van der Waals surface area (Å²) < 4.78 is 5.74. The Morgan fingerprint density at radius 2 is 2.04 bits per heavy atom. The van der Waals surface area contributed by atoms with Crippen LogP contribution in [0, 0.1) is 6.92 Å². The lowest BCUT2D eigenvalue weighted by atomic mass is 10.1. The Hall–Kier alpha value is -2.26. The van der Waals surface area contributed by atoms with Crippen molar-refractivity contribution >= 4 is 28.9 Å². The van der Waals surface area contributed by atoms with E-state index in [0.29, 0.717) is 10.9 Å². The fraction of sp³-hybridized carbons (Fsp3) is 0.526. The minimum atomic E-state index is -0.827. The molecule has 3 atom stereocenters. The van der Waals surface area contributed by atoms with Gasteiger partial charge in [-0.3, -0.25) is 10.1 Å². The number of urea groups is 1. The highest BCUT2D eigenvalue weighted by molar-refractivity contribution is 8.14. The summed E-state index contributed by atoms with van der Waals surface area (Å²) in [5, 5.41) is 13.8. The van der Waals surface area contributed by atoms with Gasteiger partial charge in [0.15, 0.2) is 17.4 Å². The number of rotatable bonds is 6. The molecule has 3 rings (SSSR count). The van der Waals surface area contributed by atoms with Gasteiger partial charge in [0.25, 0.3) is 5.91 Å². The number of nitrogens with zero attached hydrogens (tertiary/aromatic N) is 3. The van der Waals surface area contributed by atoms with Crippen molar-refractivity contribution in [3.63, 3.8) is 0 Å². The fourth-order valence-electron chi connectivity index (χ4n) is 3.19. The predicted octanol–water partition coefficient (Wildman–Crippen LogP) is 1.42. The first-order valence-corrected chi connectivity index (χ1v) is 10.1. The van der Waals surface area contributed by atoms with Crippen molar-refractivity contribution < 1.29 is 19.4 Å². The summed E-state index contributed by atoms with van der Waals surface area (Å²) in [7, 11) is 1.61. The minimum Gasteiger partial charge on any atom is -0.491 e. The molecule has 1 aromatic rings. The van der Waals surface area contributed by atoms with Crippen LogP contribution in [0.5, 0.6) is 5.75 Å². The van der Waals surface area contributed by atoms with Gasteiger partial charge in [-0.15, -0.1) is 0 Å². The van der Waals surface area contributed by atoms with Crippen LogP contribution in [-0.2, 0) is 4.79 Å². The molecule has 2 heterocycles. The van der Waals surface area contributed by atoms with Crippen molar-refractivity contribution in [2.45, 2.75) is 44.3 Å². The monoisotopic (exact) mass is 406 g/mol. The zero-order valence-corrected chi connectivity index (χ0v) is 17.3. The van der Waals surface area contributed by atoms with Crippen LogP contribution in [0.25, 0.3) is 0 Å². The van der Waals surface area contributed by atoms with E-state index in [9.17, 15) is 14.7 Å². The molecule has 3 unspecified atom stereocenters. The molecule has 28 heavy (non-hydrogen) atoms. The standard InChI is InChI=1S/C19H26N4O4S/c1-11(2)28-19-20-16-15(17(25)21-18(26)22(16)4)23(19)9-13(24)10-27-14-8-6-5-7-12(14)3/h5-8,11,13,15-16,24H,9-10H2,1-4H3,(H,21,25,26). The summed E-state index contributed by atoms with van der Waals surface area (Å²) in [4.78, 5) is 32.2. The molecule has 0 saturated carbocycles. The molecule has 1 fully saturated rings. The normalized spacial score (nSPS) is 22.9. The third-order valence-electron chi connectivity index (χ3n) is 4.60. The number of hydrogen-bond acceptors (Lipinski definition) is 7. The number of imide groups is 1. The number of nitrogens with one attached hydrogen (secondary N) is 1. The molecule has 2 aliphatic rings. The van der Waals surface area contributed by atoms with E-state index in [4.69, 9.17) is 4.74 Å². The van der Waals surface area contributed by atoms with Crippen LogP contribution in [0.4, 0.5) is 4.79 Å². The van der Waals surface area contributed by atoms with Gasteiger partial charge in [0.1, 0.15) is 18.5 Å². The van der Waals surface area contributed by atoms with E-state index in [1.807, 2.05) is 45.0 Å². The fourth-order valence-corrected chi connectivity index (χ4v) is 4.10. The zero-order valence-electron chi connectivity index (χ0n) is 16.5. The number of carbonyl (C=O) groups excluding carboxylic acids is 2. The van der Waals surface area contributed by atoms with Crippen LogP contribution in [-0.4, -0.2) is 75.8 Å². The van der Waals surface area contributed by atoms with Crippen LogP contribution in [0.15, 0.2) is 29.3 Å². The molecular formula is C19H26N4O4S. The number of hydrogen-bond donors (Lipinski definition) is 2. The van der Waals surface area contributed by atoms with Crippen molar-refractivity contribution in [1.82, 2.24) is 15.1 Å². The maximum atomic E-state index is 12.5. The Morgan fingerprint density at radius 3 is 2.71 bits per heavy atom.